The zero-order chi connectivity index (χ0) is 24.1. The molecular formula is C24H24N4O5S. The molecule has 1 aromatic heterocycles. The second kappa shape index (κ2) is 10.4. The molecule has 3 aromatic rings. The minimum absolute atomic E-state index is 0.248. The number of fused-ring (bicyclic) bond motifs is 1. The molecule has 0 N–H and O–H groups in total. The highest BCUT2D eigenvalue weighted by Gasteiger charge is 2.26. The van der Waals surface area contributed by atoms with E-state index in [1.54, 1.807) is 51.1 Å². The Balaban J connectivity index is 1.76. The molecule has 9 nitrogen and oxygen atoms in total. The van der Waals surface area contributed by atoms with Gasteiger partial charge < -0.3 is 18.9 Å². The number of carbonyl (C=O) groups excluding carboxylic acids is 1. The molecule has 0 amide bonds. The fourth-order valence-corrected chi connectivity index (χ4v) is 4.19. The van der Waals surface area contributed by atoms with Crippen molar-refractivity contribution in [2.45, 2.75) is 12.1 Å². The Bertz CT molecular complexity index is 1250. The number of thioether (sulfide) groups is 1. The van der Waals surface area contributed by atoms with Crippen LogP contribution >= 0.6 is 11.8 Å². The van der Waals surface area contributed by atoms with Crippen molar-refractivity contribution < 1.29 is 23.7 Å². The van der Waals surface area contributed by atoms with Gasteiger partial charge in [-0.05, 0) is 55.0 Å². The molecule has 10 heteroatoms. The van der Waals surface area contributed by atoms with Crippen molar-refractivity contribution in [1.82, 2.24) is 14.9 Å². The van der Waals surface area contributed by atoms with E-state index in [4.69, 9.17) is 24.0 Å². The third-order valence-corrected chi connectivity index (χ3v) is 5.97. The summed E-state index contributed by atoms with van der Waals surface area (Å²) in [5, 5.41) is 13.9. The van der Waals surface area contributed by atoms with Crippen molar-refractivity contribution in [3.05, 3.63) is 53.6 Å². The molecule has 176 valence electrons. The van der Waals surface area contributed by atoms with Crippen molar-refractivity contribution in [3.8, 4) is 28.6 Å². The number of carbonyl (C=O) groups is 1. The Kier molecular flexibility index (Phi) is 7.17. The Hall–Kier alpha value is -3.79. The molecule has 1 aliphatic rings. The number of hydrogen-bond acceptors (Lipinski definition) is 9. The van der Waals surface area contributed by atoms with Gasteiger partial charge in [0.05, 0.1) is 39.2 Å². The molecule has 0 aliphatic carbocycles. The quantitative estimate of drug-likeness (QED) is 0.353. The molecule has 0 radical (unpaired) electrons. The average molecular weight is 481 g/mol. The summed E-state index contributed by atoms with van der Waals surface area (Å²) >= 11 is 1.45. The summed E-state index contributed by atoms with van der Waals surface area (Å²) in [7, 11) is 4.75. The predicted octanol–water partition coefficient (Wildman–Crippen LogP) is 3.93. The molecule has 1 aliphatic heterocycles. The van der Waals surface area contributed by atoms with Crippen LogP contribution in [-0.4, -0.2) is 60.2 Å². The van der Waals surface area contributed by atoms with Gasteiger partial charge in [-0.25, -0.2) is 4.79 Å². The van der Waals surface area contributed by atoms with E-state index in [0.717, 1.165) is 16.9 Å². The van der Waals surface area contributed by atoms with Crippen molar-refractivity contribution in [1.29, 1.82) is 0 Å². The lowest BCUT2D eigenvalue weighted by Crippen LogP contribution is -2.21. The van der Waals surface area contributed by atoms with E-state index in [-0.39, 0.29) is 6.61 Å². The summed E-state index contributed by atoms with van der Waals surface area (Å²) in [5.74, 6) is 2.45. The maximum absolute atomic E-state index is 12.9. The van der Waals surface area contributed by atoms with Gasteiger partial charge in [0.1, 0.15) is 5.75 Å². The molecule has 0 atom stereocenters. The molecule has 0 unspecified atom stereocenters. The molecule has 2 aromatic carbocycles. The van der Waals surface area contributed by atoms with Gasteiger partial charge in [0, 0.05) is 11.3 Å². The number of ether oxygens (including phenoxy) is 4. The van der Waals surface area contributed by atoms with Gasteiger partial charge in [-0.2, -0.15) is 9.78 Å². The fraction of sp³-hybridized carbons (Fsp3) is 0.250. The van der Waals surface area contributed by atoms with E-state index < -0.39 is 5.97 Å². The van der Waals surface area contributed by atoms with E-state index in [0.29, 0.717) is 39.5 Å². The largest absolute Gasteiger partial charge is 0.497 e. The maximum Gasteiger partial charge on any atom is 0.340 e. The lowest BCUT2D eigenvalue weighted by molar-refractivity contribution is -0.137. The number of hydrogen-bond donors (Lipinski definition) is 0. The molecule has 0 saturated carbocycles. The van der Waals surface area contributed by atoms with Crippen molar-refractivity contribution in [2.75, 3.05) is 33.7 Å². The van der Waals surface area contributed by atoms with E-state index >= 15 is 0 Å². The SMILES string of the molecule is CCOC(=O)/C(=C\c1ccc(OC)c(OC)c1)C1=Nn2c(nnc2-c2ccc(OC)cc2)SC1. The minimum Gasteiger partial charge on any atom is -0.497 e. The number of esters is 1. The van der Waals surface area contributed by atoms with Gasteiger partial charge >= 0.3 is 5.97 Å². The normalized spacial score (nSPS) is 13.1. The highest BCUT2D eigenvalue weighted by Crippen LogP contribution is 2.31. The lowest BCUT2D eigenvalue weighted by atomic mass is 10.1. The second-order valence-electron chi connectivity index (χ2n) is 7.07. The van der Waals surface area contributed by atoms with E-state index in [1.165, 1.54) is 11.8 Å². The third kappa shape index (κ3) is 4.76. The number of nitrogens with zero attached hydrogens (tertiary/aromatic N) is 4. The van der Waals surface area contributed by atoms with Gasteiger partial charge in [-0.3, -0.25) is 0 Å². The Morgan fingerprint density at radius 3 is 2.47 bits per heavy atom. The standard InChI is InChI=1S/C24H24N4O5S/c1-5-33-23(29)18(12-15-6-11-20(31-3)21(13-15)32-4)19-14-34-24-26-25-22(28(24)27-19)16-7-9-17(30-2)10-8-16/h6-13H,5,14H2,1-4H3/b18-12-. The number of methoxy groups -OCH3 is 3. The van der Waals surface area contributed by atoms with Crippen LogP contribution in [0.1, 0.15) is 12.5 Å². The maximum atomic E-state index is 12.9. The van der Waals surface area contributed by atoms with Gasteiger partial charge in [-0.15, -0.1) is 10.2 Å². The zero-order valence-corrected chi connectivity index (χ0v) is 20.1. The summed E-state index contributed by atoms with van der Waals surface area (Å²) < 4.78 is 22.9. The Morgan fingerprint density at radius 1 is 1.03 bits per heavy atom. The summed E-state index contributed by atoms with van der Waals surface area (Å²) in [6.45, 7) is 2.01. The molecular weight excluding hydrogens is 456 g/mol. The first-order valence-corrected chi connectivity index (χ1v) is 11.5. The third-order valence-electron chi connectivity index (χ3n) is 5.04. The molecule has 0 spiro atoms. The van der Waals surface area contributed by atoms with Crippen LogP contribution in [0.15, 0.2) is 58.3 Å². The van der Waals surface area contributed by atoms with Gasteiger partial charge in [0.15, 0.2) is 17.3 Å². The minimum atomic E-state index is -0.459. The lowest BCUT2D eigenvalue weighted by Gasteiger charge is -2.16. The second-order valence-corrected chi connectivity index (χ2v) is 8.02. The van der Waals surface area contributed by atoms with Crippen LogP contribution < -0.4 is 14.2 Å². The average Bonchev–Trinajstić information content (AvgIpc) is 3.30. The van der Waals surface area contributed by atoms with Crippen LogP contribution in [0.4, 0.5) is 0 Å². The van der Waals surface area contributed by atoms with Crippen LogP contribution in [0.3, 0.4) is 0 Å². The van der Waals surface area contributed by atoms with Crippen LogP contribution in [0.5, 0.6) is 17.2 Å². The van der Waals surface area contributed by atoms with Gasteiger partial charge in [0.25, 0.3) is 0 Å². The van der Waals surface area contributed by atoms with Crippen LogP contribution in [-0.2, 0) is 9.53 Å². The van der Waals surface area contributed by atoms with Crippen LogP contribution in [0.25, 0.3) is 17.5 Å². The number of aromatic nitrogens is 3. The monoisotopic (exact) mass is 480 g/mol. The molecule has 2 heterocycles. The van der Waals surface area contributed by atoms with Gasteiger partial charge in [-0.1, -0.05) is 17.8 Å². The summed E-state index contributed by atoms with van der Waals surface area (Å²) in [6, 6.07) is 12.9. The smallest absolute Gasteiger partial charge is 0.340 e. The zero-order valence-electron chi connectivity index (χ0n) is 19.3. The van der Waals surface area contributed by atoms with Gasteiger partial charge in [0.2, 0.25) is 5.16 Å². The van der Waals surface area contributed by atoms with E-state index in [9.17, 15) is 4.79 Å². The summed E-state index contributed by atoms with van der Waals surface area (Å²) in [4.78, 5) is 12.9. The van der Waals surface area contributed by atoms with Crippen LogP contribution in [0, 0.1) is 0 Å². The molecule has 0 fully saturated rings. The first-order chi connectivity index (χ1) is 16.6. The topological polar surface area (TPSA) is 97.1 Å². The van der Waals surface area contributed by atoms with Crippen LogP contribution in [0.2, 0.25) is 0 Å². The highest BCUT2D eigenvalue weighted by atomic mass is 32.2. The highest BCUT2D eigenvalue weighted by molar-refractivity contribution is 7.99. The Morgan fingerprint density at radius 2 is 1.79 bits per heavy atom. The Labute approximate surface area is 201 Å². The van der Waals surface area contributed by atoms with Crippen molar-refractivity contribution >= 4 is 29.5 Å². The summed E-state index contributed by atoms with van der Waals surface area (Å²) in [6.07, 6.45) is 1.74. The first kappa shape index (κ1) is 23.4. The van der Waals surface area contributed by atoms with E-state index in [2.05, 4.69) is 10.2 Å². The molecule has 0 bridgehead atoms. The van der Waals surface area contributed by atoms with Crippen molar-refractivity contribution in [3.63, 3.8) is 0 Å². The number of benzene rings is 2. The number of rotatable bonds is 8. The van der Waals surface area contributed by atoms with E-state index in [1.807, 2.05) is 30.3 Å². The summed E-state index contributed by atoms with van der Waals surface area (Å²) in [5.41, 5.74) is 2.48. The van der Waals surface area contributed by atoms with Crippen molar-refractivity contribution in [2.24, 2.45) is 5.10 Å². The first-order valence-electron chi connectivity index (χ1n) is 10.5. The molecule has 0 saturated heterocycles. The predicted molar refractivity (Wildman–Crippen MR) is 130 cm³/mol. The molecule has 4 rings (SSSR count). The molecule has 34 heavy (non-hydrogen) atoms. The fourth-order valence-electron chi connectivity index (χ4n) is 3.36.